The number of anilines is 1. The Hall–Kier alpha value is -1.00. The van der Waals surface area contributed by atoms with Crippen molar-refractivity contribution in [1.82, 2.24) is 5.32 Å². The fraction of sp³-hybridized carbons (Fsp3) is 0.533. The van der Waals surface area contributed by atoms with Gasteiger partial charge in [0.25, 0.3) is 0 Å². The molecular weight excluding hydrogens is 256 g/mol. The lowest BCUT2D eigenvalue weighted by Gasteiger charge is -2.20. The third-order valence-electron chi connectivity index (χ3n) is 3.00. The van der Waals surface area contributed by atoms with E-state index in [1.54, 1.807) is 0 Å². The summed E-state index contributed by atoms with van der Waals surface area (Å²) in [4.78, 5) is 11.1. The SMILES string of the molecule is CSCC[C@H](C)N[C@@H](C)c1cccc(NC(C)=O)c1. The third kappa shape index (κ3) is 6.12. The van der Waals surface area contributed by atoms with Crippen molar-refractivity contribution in [3.8, 4) is 0 Å². The number of thioether (sulfide) groups is 1. The van der Waals surface area contributed by atoms with E-state index in [1.807, 2.05) is 30.0 Å². The van der Waals surface area contributed by atoms with Gasteiger partial charge in [0, 0.05) is 24.7 Å². The lowest BCUT2D eigenvalue weighted by molar-refractivity contribution is -0.114. The highest BCUT2D eigenvalue weighted by molar-refractivity contribution is 7.98. The molecule has 0 saturated carbocycles. The van der Waals surface area contributed by atoms with Crippen molar-refractivity contribution in [3.63, 3.8) is 0 Å². The lowest BCUT2D eigenvalue weighted by atomic mass is 10.1. The van der Waals surface area contributed by atoms with Crippen LogP contribution in [-0.2, 0) is 4.79 Å². The zero-order valence-electron chi connectivity index (χ0n) is 12.2. The number of carbonyl (C=O) groups excluding carboxylic acids is 1. The molecule has 0 heterocycles. The number of benzene rings is 1. The molecule has 0 saturated heterocycles. The second-order valence-electron chi connectivity index (χ2n) is 4.88. The first kappa shape index (κ1) is 16.1. The summed E-state index contributed by atoms with van der Waals surface area (Å²) < 4.78 is 0. The maximum atomic E-state index is 11.1. The van der Waals surface area contributed by atoms with Crippen molar-refractivity contribution in [1.29, 1.82) is 0 Å². The molecule has 1 aromatic rings. The molecule has 19 heavy (non-hydrogen) atoms. The van der Waals surface area contributed by atoms with Crippen molar-refractivity contribution < 1.29 is 4.79 Å². The quantitative estimate of drug-likeness (QED) is 0.804. The van der Waals surface area contributed by atoms with E-state index in [-0.39, 0.29) is 11.9 Å². The summed E-state index contributed by atoms with van der Waals surface area (Å²) in [5.74, 6) is 1.14. The third-order valence-corrected chi connectivity index (χ3v) is 3.64. The maximum absolute atomic E-state index is 11.1. The van der Waals surface area contributed by atoms with Gasteiger partial charge in [0.05, 0.1) is 0 Å². The van der Waals surface area contributed by atoms with E-state index in [2.05, 4.69) is 36.8 Å². The van der Waals surface area contributed by atoms with E-state index in [9.17, 15) is 4.79 Å². The molecule has 0 aliphatic heterocycles. The molecule has 0 aliphatic carbocycles. The summed E-state index contributed by atoms with van der Waals surface area (Å²) >= 11 is 1.87. The van der Waals surface area contributed by atoms with Crippen LogP contribution >= 0.6 is 11.8 Å². The first-order valence-corrected chi connectivity index (χ1v) is 8.05. The van der Waals surface area contributed by atoms with Crippen LogP contribution in [0, 0.1) is 0 Å². The van der Waals surface area contributed by atoms with Gasteiger partial charge in [-0.15, -0.1) is 0 Å². The summed E-state index contributed by atoms with van der Waals surface area (Å²) in [6, 6.07) is 8.78. The van der Waals surface area contributed by atoms with Gasteiger partial charge in [0.2, 0.25) is 5.91 Å². The Labute approximate surface area is 120 Å². The molecule has 0 unspecified atom stereocenters. The fourth-order valence-corrected chi connectivity index (χ4v) is 2.58. The molecule has 2 N–H and O–H groups in total. The molecule has 4 heteroatoms. The highest BCUT2D eigenvalue weighted by Crippen LogP contribution is 2.18. The van der Waals surface area contributed by atoms with Crippen LogP contribution in [0.3, 0.4) is 0 Å². The maximum Gasteiger partial charge on any atom is 0.221 e. The number of nitrogens with one attached hydrogen (secondary N) is 2. The summed E-state index contributed by atoms with van der Waals surface area (Å²) in [6.07, 6.45) is 3.30. The standard InChI is InChI=1S/C15H24N2OS/c1-11(8-9-19-4)16-12(2)14-6-5-7-15(10-14)17-13(3)18/h5-7,10-12,16H,8-9H2,1-4H3,(H,17,18)/t11-,12-/m0/s1. The van der Waals surface area contributed by atoms with Gasteiger partial charge in [-0.05, 0) is 50.0 Å². The number of hydrogen-bond donors (Lipinski definition) is 2. The van der Waals surface area contributed by atoms with Crippen LogP contribution in [0.4, 0.5) is 5.69 Å². The molecule has 1 amide bonds. The molecule has 0 radical (unpaired) electrons. The van der Waals surface area contributed by atoms with Crippen LogP contribution in [0.2, 0.25) is 0 Å². The van der Waals surface area contributed by atoms with Gasteiger partial charge < -0.3 is 10.6 Å². The van der Waals surface area contributed by atoms with Gasteiger partial charge in [-0.25, -0.2) is 0 Å². The summed E-state index contributed by atoms with van der Waals surface area (Å²) in [5, 5.41) is 6.40. The van der Waals surface area contributed by atoms with Crippen molar-refractivity contribution in [3.05, 3.63) is 29.8 Å². The summed E-state index contributed by atoms with van der Waals surface area (Å²) in [6.45, 7) is 5.89. The monoisotopic (exact) mass is 280 g/mol. The molecule has 0 fully saturated rings. The highest BCUT2D eigenvalue weighted by atomic mass is 32.2. The van der Waals surface area contributed by atoms with E-state index in [0.717, 1.165) is 12.1 Å². The minimum atomic E-state index is -0.0360. The van der Waals surface area contributed by atoms with Gasteiger partial charge in [-0.2, -0.15) is 11.8 Å². The zero-order valence-corrected chi connectivity index (χ0v) is 13.0. The molecule has 0 aromatic heterocycles. The van der Waals surface area contributed by atoms with Crippen LogP contribution in [-0.4, -0.2) is 24.0 Å². The number of rotatable bonds is 7. The molecule has 3 nitrogen and oxygen atoms in total. The average Bonchev–Trinajstić information content (AvgIpc) is 2.35. The Morgan fingerprint density at radius 2 is 2.11 bits per heavy atom. The molecule has 0 aliphatic rings. The van der Waals surface area contributed by atoms with E-state index in [0.29, 0.717) is 6.04 Å². The second-order valence-corrected chi connectivity index (χ2v) is 5.86. The van der Waals surface area contributed by atoms with Gasteiger partial charge >= 0.3 is 0 Å². The van der Waals surface area contributed by atoms with Gasteiger partial charge in [0.1, 0.15) is 0 Å². The van der Waals surface area contributed by atoms with Gasteiger partial charge in [0.15, 0.2) is 0 Å². The fourth-order valence-electron chi connectivity index (χ4n) is 1.99. The zero-order chi connectivity index (χ0) is 14.3. The second kappa shape index (κ2) is 8.23. The normalized spacial score (nSPS) is 13.9. The van der Waals surface area contributed by atoms with E-state index >= 15 is 0 Å². The topological polar surface area (TPSA) is 41.1 Å². The summed E-state index contributed by atoms with van der Waals surface area (Å²) in [5.41, 5.74) is 2.05. The van der Waals surface area contributed by atoms with Crippen molar-refractivity contribution in [2.24, 2.45) is 0 Å². The lowest BCUT2D eigenvalue weighted by Crippen LogP contribution is -2.29. The molecule has 0 spiro atoms. The van der Waals surface area contributed by atoms with Gasteiger partial charge in [-0.3, -0.25) is 4.79 Å². The Balaban J connectivity index is 2.60. The Kier molecular flexibility index (Phi) is 6.95. The predicted molar refractivity (Wildman–Crippen MR) is 84.8 cm³/mol. The molecule has 0 bridgehead atoms. The van der Waals surface area contributed by atoms with Crippen LogP contribution < -0.4 is 10.6 Å². The number of hydrogen-bond acceptors (Lipinski definition) is 3. The largest absolute Gasteiger partial charge is 0.326 e. The first-order valence-electron chi connectivity index (χ1n) is 6.65. The smallest absolute Gasteiger partial charge is 0.221 e. The molecule has 1 aromatic carbocycles. The van der Waals surface area contributed by atoms with Crippen LogP contribution in [0.15, 0.2) is 24.3 Å². The van der Waals surface area contributed by atoms with Crippen LogP contribution in [0.5, 0.6) is 0 Å². The first-order chi connectivity index (χ1) is 9.02. The Morgan fingerprint density at radius 1 is 1.37 bits per heavy atom. The molecule has 2 atom stereocenters. The predicted octanol–water partition coefficient (Wildman–Crippen LogP) is 3.44. The molecular formula is C15H24N2OS. The van der Waals surface area contributed by atoms with E-state index < -0.39 is 0 Å². The van der Waals surface area contributed by atoms with Gasteiger partial charge in [-0.1, -0.05) is 12.1 Å². The average molecular weight is 280 g/mol. The minimum Gasteiger partial charge on any atom is -0.326 e. The van der Waals surface area contributed by atoms with E-state index in [4.69, 9.17) is 0 Å². The van der Waals surface area contributed by atoms with Crippen LogP contribution in [0.25, 0.3) is 0 Å². The van der Waals surface area contributed by atoms with Crippen LogP contribution in [0.1, 0.15) is 38.8 Å². The number of amides is 1. The minimum absolute atomic E-state index is 0.0360. The van der Waals surface area contributed by atoms with Crippen molar-refractivity contribution in [2.75, 3.05) is 17.3 Å². The Bertz CT molecular complexity index is 409. The van der Waals surface area contributed by atoms with Crippen molar-refractivity contribution in [2.45, 2.75) is 39.3 Å². The Morgan fingerprint density at radius 3 is 2.74 bits per heavy atom. The number of carbonyl (C=O) groups is 1. The molecule has 106 valence electrons. The summed E-state index contributed by atoms with van der Waals surface area (Å²) in [7, 11) is 0. The van der Waals surface area contributed by atoms with E-state index in [1.165, 1.54) is 18.2 Å². The highest BCUT2D eigenvalue weighted by Gasteiger charge is 2.09. The van der Waals surface area contributed by atoms with Crippen molar-refractivity contribution >= 4 is 23.4 Å². The molecule has 1 rings (SSSR count).